The summed E-state index contributed by atoms with van der Waals surface area (Å²) in [5, 5.41) is 19.3. The van der Waals surface area contributed by atoms with Crippen LogP contribution in [-0.2, 0) is 40.2 Å². The number of hydrogen-bond donors (Lipinski definition) is 3. The molecule has 0 spiro atoms. The van der Waals surface area contributed by atoms with Crippen molar-refractivity contribution in [2.75, 3.05) is 13.2 Å². The maximum absolute atomic E-state index is 15.2. The molecule has 1 fully saturated rings. The van der Waals surface area contributed by atoms with Gasteiger partial charge in [0.25, 0.3) is 0 Å². The second kappa shape index (κ2) is 21.2. The van der Waals surface area contributed by atoms with Crippen molar-refractivity contribution in [3.05, 3.63) is 185 Å². The van der Waals surface area contributed by atoms with Crippen LogP contribution in [0.25, 0.3) is 0 Å². The van der Waals surface area contributed by atoms with Gasteiger partial charge in [0.05, 0.1) is 18.2 Å². The number of likely N-dealkylation sites (tertiary alicyclic amines) is 1. The molecule has 0 radical (unpaired) electrons. The number of ether oxygens (including phenoxy) is 1. The van der Waals surface area contributed by atoms with Gasteiger partial charge in [-0.05, 0) is 84.0 Å². The Kier molecular flexibility index (Phi) is 15.3. The van der Waals surface area contributed by atoms with Gasteiger partial charge in [-0.2, -0.15) is 0 Å². The summed E-state index contributed by atoms with van der Waals surface area (Å²) in [7, 11) is 0. The third kappa shape index (κ3) is 10.7. The minimum atomic E-state index is -1.31. The molecule has 2 aliphatic heterocycles. The molecule has 2 heterocycles. The summed E-state index contributed by atoms with van der Waals surface area (Å²) in [6, 6.07) is 35.7. The average Bonchev–Trinajstić information content (AvgIpc) is 3.62. The quantitative estimate of drug-likeness (QED) is 0.0721. The molecule has 3 N–H and O–H groups in total. The minimum Gasteiger partial charge on any atom is -0.489 e. The molecule has 6 atom stereocenters. The zero-order valence-electron chi connectivity index (χ0n) is 37.5. The van der Waals surface area contributed by atoms with Crippen molar-refractivity contribution in [2.45, 2.75) is 102 Å². The molecule has 0 saturated carbocycles. The largest absolute Gasteiger partial charge is 0.489 e. The molecule has 11 heteroatoms. The van der Waals surface area contributed by atoms with Gasteiger partial charge in [-0.3, -0.25) is 19.3 Å². The van der Waals surface area contributed by atoms with Crippen molar-refractivity contribution in [1.29, 1.82) is 0 Å². The van der Waals surface area contributed by atoms with E-state index >= 15 is 4.79 Å². The van der Waals surface area contributed by atoms with E-state index in [4.69, 9.17) is 4.74 Å². The molecule has 340 valence electrons. The van der Waals surface area contributed by atoms with E-state index in [2.05, 4.69) is 46.4 Å². The molecule has 0 aromatic heterocycles. The van der Waals surface area contributed by atoms with Gasteiger partial charge in [-0.25, -0.2) is 8.78 Å². The van der Waals surface area contributed by atoms with Gasteiger partial charge < -0.3 is 25.4 Å². The smallest absolute Gasteiger partial charge is 0.249 e. The Morgan fingerprint density at radius 1 is 0.908 bits per heavy atom. The van der Waals surface area contributed by atoms with Crippen LogP contribution in [0.4, 0.5) is 8.78 Å². The third-order valence-electron chi connectivity index (χ3n) is 13.3. The molecule has 2 aliphatic rings. The van der Waals surface area contributed by atoms with Crippen molar-refractivity contribution in [1.82, 2.24) is 20.4 Å². The van der Waals surface area contributed by atoms with E-state index in [9.17, 15) is 23.5 Å². The summed E-state index contributed by atoms with van der Waals surface area (Å²) >= 11 is 0. The first kappa shape index (κ1) is 46.8. The number of amides is 3. The number of aliphatic hydroxyl groups excluding tert-OH is 1. The number of halogens is 2. The van der Waals surface area contributed by atoms with Gasteiger partial charge >= 0.3 is 0 Å². The number of aryl methyl sites for hydroxylation is 1. The fourth-order valence-electron chi connectivity index (χ4n) is 9.94. The zero-order valence-corrected chi connectivity index (χ0v) is 37.5. The zero-order chi connectivity index (χ0) is 46.1. The number of fused-ring (bicyclic) bond motifs is 1. The van der Waals surface area contributed by atoms with Crippen molar-refractivity contribution in [2.24, 2.45) is 5.92 Å². The average molecular weight is 883 g/mol. The van der Waals surface area contributed by atoms with Crippen LogP contribution in [0.3, 0.4) is 0 Å². The maximum Gasteiger partial charge on any atom is 0.249 e. The van der Waals surface area contributed by atoms with Gasteiger partial charge in [0.1, 0.15) is 35.6 Å². The Morgan fingerprint density at radius 2 is 1.54 bits per heavy atom. The highest BCUT2D eigenvalue weighted by Gasteiger charge is 2.53. The van der Waals surface area contributed by atoms with E-state index in [-0.39, 0.29) is 48.7 Å². The van der Waals surface area contributed by atoms with Crippen LogP contribution >= 0.6 is 0 Å². The number of nitrogens with one attached hydrogen (secondary N) is 2. The van der Waals surface area contributed by atoms with Crippen LogP contribution in [0, 0.1) is 17.6 Å². The molecule has 5 aromatic carbocycles. The molecular formula is C54H60F2N4O5. The second-order valence-electron chi connectivity index (χ2n) is 17.5. The number of aliphatic hydroxyl groups is 1. The SMILES string of the molecule is C=CCOc1cccc2c1CN(C(c1ccccc1)c1ccccc1)C([C@@H](O)[C@H](Cc1cc(F)cc(F)c1)NC(=O)C(CCc1ccccc1)N1CCC(NC(C)=O)([C@H](C)CC)C1=O)C2. The van der Waals surface area contributed by atoms with Gasteiger partial charge in [-0.1, -0.05) is 136 Å². The molecule has 7 rings (SSSR count). The van der Waals surface area contributed by atoms with Crippen molar-refractivity contribution in [3.8, 4) is 5.75 Å². The molecule has 65 heavy (non-hydrogen) atoms. The predicted molar refractivity (Wildman–Crippen MR) is 249 cm³/mol. The van der Waals surface area contributed by atoms with Crippen molar-refractivity contribution in [3.63, 3.8) is 0 Å². The first-order valence-electron chi connectivity index (χ1n) is 22.7. The molecule has 1 saturated heterocycles. The summed E-state index contributed by atoms with van der Waals surface area (Å²) < 4.78 is 36.1. The fraction of sp³-hybridized carbons (Fsp3) is 0.352. The van der Waals surface area contributed by atoms with Crippen LogP contribution in [-0.4, -0.2) is 75.5 Å². The Bertz CT molecular complexity index is 2360. The third-order valence-corrected chi connectivity index (χ3v) is 13.3. The molecular weight excluding hydrogens is 823 g/mol. The Labute approximate surface area is 381 Å². The van der Waals surface area contributed by atoms with Crippen LogP contribution in [0.15, 0.2) is 140 Å². The molecule has 5 aromatic rings. The van der Waals surface area contributed by atoms with Crippen LogP contribution < -0.4 is 15.4 Å². The van der Waals surface area contributed by atoms with Crippen LogP contribution in [0.2, 0.25) is 0 Å². The van der Waals surface area contributed by atoms with Crippen molar-refractivity contribution < 1.29 is 33.0 Å². The van der Waals surface area contributed by atoms with Gasteiger partial charge in [-0.15, -0.1) is 0 Å². The standard InChI is InChI=1S/C54H60F2N4O5/c1-5-29-65-49-24-16-23-42-33-48(60(35-45(42)49)50(40-19-12-8-13-20-40)41-21-14-9-15-22-41)51(62)46(32-39-30-43(55)34-44(56)31-39)57-52(63)47(26-25-38-17-10-7-11-18-38)59-28-27-54(53(59)64,36(3)6-2)58-37(4)61/h5,7-24,30-31,34,36,46-48,50-51,62H,1,6,25-29,32-33,35H2,2-4H3,(H,57,63)(H,58,61)/t36-,46+,47?,48?,51+,54?/m1/s1. The highest BCUT2D eigenvalue weighted by Crippen LogP contribution is 2.41. The van der Waals surface area contributed by atoms with E-state index in [0.29, 0.717) is 44.6 Å². The molecule has 9 nitrogen and oxygen atoms in total. The van der Waals surface area contributed by atoms with Crippen LogP contribution in [0.1, 0.15) is 79.5 Å². The van der Waals surface area contributed by atoms with E-state index in [0.717, 1.165) is 33.9 Å². The predicted octanol–water partition coefficient (Wildman–Crippen LogP) is 8.29. The van der Waals surface area contributed by atoms with E-state index in [1.54, 1.807) is 11.0 Å². The van der Waals surface area contributed by atoms with Crippen molar-refractivity contribution >= 4 is 17.7 Å². The number of carbonyl (C=O) groups excluding carboxylic acids is 3. The lowest BCUT2D eigenvalue weighted by atomic mass is 9.81. The number of hydrogen-bond acceptors (Lipinski definition) is 6. The molecule has 0 aliphatic carbocycles. The first-order chi connectivity index (χ1) is 31.4. The molecule has 0 bridgehead atoms. The minimum absolute atomic E-state index is 0.120. The lowest BCUT2D eigenvalue weighted by Gasteiger charge is -2.46. The Balaban J connectivity index is 1.32. The summed E-state index contributed by atoms with van der Waals surface area (Å²) in [5.74, 6) is -2.26. The number of nitrogens with zero attached hydrogens (tertiary/aromatic N) is 2. The van der Waals surface area contributed by atoms with E-state index < -0.39 is 47.3 Å². The second-order valence-corrected chi connectivity index (χ2v) is 17.5. The monoisotopic (exact) mass is 882 g/mol. The lowest BCUT2D eigenvalue weighted by molar-refractivity contribution is -0.144. The number of carbonyl (C=O) groups is 3. The molecule has 3 amide bonds. The lowest BCUT2D eigenvalue weighted by Crippen LogP contribution is -2.62. The highest BCUT2D eigenvalue weighted by atomic mass is 19.1. The number of rotatable bonds is 19. The van der Waals surface area contributed by atoms with Gasteiger partial charge in [0.2, 0.25) is 17.7 Å². The highest BCUT2D eigenvalue weighted by molar-refractivity contribution is 5.96. The summed E-state index contributed by atoms with van der Waals surface area (Å²) in [5.41, 5.74) is 3.90. The van der Waals surface area contributed by atoms with Gasteiger partial charge in [0.15, 0.2) is 0 Å². The fourth-order valence-corrected chi connectivity index (χ4v) is 9.94. The van der Waals surface area contributed by atoms with E-state index in [1.807, 2.05) is 98.8 Å². The molecule has 3 unspecified atom stereocenters. The Hall–Kier alpha value is -6.17. The normalized spacial score (nSPS) is 19.2. The topological polar surface area (TPSA) is 111 Å². The summed E-state index contributed by atoms with van der Waals surface area (Å²) in [6.45, 7) is 10.0. The number of benzene rings is 5. The van der Waals surface area contributed by atoms with Gasteiger partial charge in [0, 0.05) is 37.7 Å². The Morgan fingerprint density at radius 3 is 2.14 bits per heavy atom. The summed E-state index contributed by atoms with van der Waals surface area (Å²) in [6.07, 6.45) is 2.25. The maximum atomic E-state index is 15.2. The summed E-state index contributed by atoms with van der Waals surface area (Å²) in [4.78, 5) is 46.4. The van der Waals surface area contributed by atoms with E-state index in [1.165, 1.54) is 19.1 Å². The van der Waals surface area contributed by atoms with Crippen LogP contribution in [0.5, 0.6) is 5.75 Å². The first-order valence-corrected chi connectivity index (χ1v) is 22.7.